The zero-order chi connectivity index (χ0) is 20.0. The molecule has 0 bridgehead atoms. The van der Waals surface area contributed by atoms with E-state index in [-0.39, 0.29) is 5.91 Å². The number of carbonyl (C=O) groups is 2. The summed E-state index contributed by atoms with van der Waals surface area (Å²) >= 11 is 0. The third-order valence-corrected chi connectivity index (χ3v) is 4.96. The van der Waals surface area contributed by atoms with Crippen LogP contribution in [0.3, 0.4) is 0 Å². The molecular weight excluding hydrogens is 360 g/mol. The number of benzene rings is 2. The summed E-state index contributed by atoms with van der Waals surface area (Å²) in [6, 6.07) is 10.8. The molecule has 7 heteroatoms. The lowest BCUT2D eigenvalue weighted by atomic mass is 9.93. The molecule has 0 radical (unpaired) electrons. The molecule has 2 amide bonds. The van der Waals surface area contributed by atoms with Crippen LogP contribution in [-0.2, 0) is 14.4 Å². The first-order chi connectivity index (χ1) is 13.4. The third kappa shape index (κ3) is 2.70. The minimum absolute atomic E-state index is 0.360. The summed E-state index contributed by atoms with van der Waals surface area (Å²) in [6.45, 7) is 3.85. The Morgan fingerprint density at radius 1 is 0.964 bits per heavy atom. The molecule has 0 saturated carbocycles. The van der Waals surface area contributed by atoms with E-state index in [4.69, 9.17) is 14.3 Å². The van der Waals surface area contributed by atoms with E-state index in [0.717, 1.165) is 11.1 Å². The highest BCUT2D eigenvalue weighted by atomic mass is 16.7. The number of amides is 2. The Morgan fingerprint density at radius 3 is 2.32 bits per heavy atom. The maximum atomic E-state index is 13.2. The summed E-state index contributed by atoms with van der Waals surface area (Å²) in [5.74, 6) is -0.491. The van der Waals surface area contributed by atoms with Crippen LogP contribution in [0, 0.1) is 19.8 Å². The lowest BCUT2D eigenvalue weighted by molar-refractivity contribution is -0.126. The normalized spacial score (nSPS) is 20.7. The standard InChI is InChI=1S/C21H20N2O5/c1-11-7-12(2)9-13(8-11)23-20(24)17-18(22-28-19(17)21(23)25)15-10-14(26-3)5-6-16(15)27-4/h5-10,17,19H,1-4H3/t17-,19+/m0/s1. The van der Waals surface area contributed by atoms with Gasteiger partial charge in [0.05, 0.1) is 19.9 Å². The van der Waals surface area contributed by atoms with Gasteiger partial charge < -0.3 is 14.3 Å². The first-order valence-corrected chi connectivity index (χ1v) is 8.87. The molecule has 2 heterocycles. The number of ether oxygens (including phenoxy) is 2. The van der Waals surface area contributed by atoms with Crippen molar-refractivity contribution in [3.05, 3.63) is 53.1 Å². The van der Waals surface area contributed by atoms with Crippen molar-refractivity contribution in [3.63, 3.8) is 0 Å². The summed E-state index contributed by atoms with van der Waals surface area (Å²) in [4.78, 5) is 32.7. The summed E-state index contributed by atoms with van der Waals surface area (Å²) in [7, 11) is 3.08. The molecule has 0 aliphatic carbocycles. The third-order valence-electron chi connectivity index (χ3n) is 4.96. The summed E-state index contributed by atoms with van der Waals surface area (Å²) in [6.07, 6.45) is -0.973. The molecule has 28 heavy (non-hydrogen) atoms. The Hall–Kier alpha value is -3.35. The van der Waals surface area contributed by atoms with Crippen molar-refractivity contribution in [1.29, 1.82) is 0 Å². The number of fused-ring (bicyclic) bond motifs is 1. The van der Waals surface area contributed by atoms with Crippen LogP contribution < -0.4 is 14.4 Å². The van der Waals surface area contributed by atoms with Crippen LogP contribution in [0.25, 0.3) is 0 Å². The van der Waals surface area contributed by atoms with Gasteiger partial charge in [-0.3, -0.25) is 9.59 Å². The Kier molecular flexibility index (Phi) is 4.30. The smallest absolute Gasteiger partial charge is 0.278 e. The van der Waals surface area contributed by atoms with Crippen molar-refractivity contribution in [1.82, 2.24) is 0 Å². The molecular formula is C21H20N2O5. The number of methoxy groups -OCH3 is 2. The van der Waals surface area contributed by atoms with Gasteiger partial charge >= 0.3 is 0 Å². The average molecular weight is 380 g/mol. The molecule has 144 valence electrons. The van der Waals surface area contributed by atoms with Crippen LogP contribution in [0.1, 0.15) is 16.7 Å². The fourth-order valence-electron chi connectivity index (χ4n) is 3.75. The van der Waals surface area contributed by atoms with Gasteiger partial charge in [-0.05, 0) is 55.3 Å². The minimum Gasteiger partial charge on any atom is -0.497 e. The van der Waals surface area contributed by atoms with Gasteiger partial charge in [0.2, 0.25) is 12.0 Å². The number of oxime groups is 1. The maximum Gasteiger partial charge on any atom is 0.278 e. The molecule has 1 fully saturated rings. The first-order valence-electron chi connectivity index (χ1n) is 8.87. The highest BCUT2D eigenvalue weighted by Crippen LogP contribution is 2.38. The molecule has 2 atom stereocenters. The second-order valence-corrected chi connectivity index (χ2v) is 6.90. The first kappa shape index (κ1) is 18.0. The highest BCUT2D eigenvalue weighted by Gasteiger charge is 2.56. The minimum atomic E-state index is -0.973. The summed E-state index contributed by atoms with van der Waals surface area (Å²) < 4.78 is 10.7. The van der Waals surface area contributed by atoms with E-state index in [1.165, 1.54) is 12.0 Å². The van der Waals surface area contributed by atoms with Gasteiger partial charge in [0.25, 0.3) is 5.91 Å². The van der Waals surface area contributed by atoms with Gasteiger partial charge in [-0.25, -0.2) is 4.90 Å². The maximum absolute atomic E-state index is 13.2. The Labute approximate surface area is 162 Å². The van der Waals surface area contributed by atoms with Gasteiger partial charge in [-0.1, -0.05) is 11.2 Å². The fourth-order valence-corrected chi connectivity index (χ4v) is 3.75. The van der Waals surface area contributed by atoms with Crippen molar-refractivity contribution < 1.29 is 23.9 Å². The molecule has 1 saturated heterocycles. The van der Waals surface area contributed by atoms with Crippen molar-refractivity contribution in [2.45, 2.75) is 20.0 Å². The van der Waals surface area contributed by atoms with Gasteiger partial charge in [0, 0.05) is 5.56 Å². The SMILES string of the molecule is COc1ccc(OC)c(C2=NO[C@H]3C(=O)N(c4cc(C)cc(C)c4)C(=O)[C@@H]23)c1. The Balaban J connectivity index is 1.75. The van der Waals surface area contributed by atoms with Crippen LogP contribution in [0.5, 0.6) is 11.5 Å². The molecule has 0 aromatic heterocycles. The van der Waals surface area contributed by atoms with Crippen LogP contribution in [0.2, 0.25) is 0 Å². The van der Waals surface area contributed by atoms with E-state index >= 15 is 0 Å². The van der Waals surface area contributed by atoms with Crippen molar-refractivity contribution in [2.75, 3.05) is 19.1 Å². The molecule has 4 rings (SSSR count). The summed E-state index contributed by atoms with van der Waals surface area (Å²) in [5, 5.41) is 4.05. The molecule has 2 aromatic rings. The van der Waals surface area contributed by atoms with Crippen molar-refractivity contribution in [3.8, 4) is 11.5 Å². The lowest BCUT2D eigenvalue weighted by Gasteiger charge is -2.17. The lowest BCUT2D eigenvalue weighted by Crippen LogP contribution is -2.33. The van der Waals surface area contributed by atoms with Gasteiger partial charge in [0.1, 0.15) is 23.1 Å². The van der Waals surface area contributed by atoms with Crippen molar-refractivity contribution in [2.24, 2.45) is 11.1 Å². The number of rotatable bonds is 4. The van der Waals surface area contributed by atoms with Crippen LogP contribution in [0.4, 0.5) is 5.69 Å². The van der Waals surface area contributed by atoms with E-state index in [1.54, 1.807) is 25.3 Å². The molecule has 7 nitrogen and oxygen atoms in total. The van der Waals surface area contributed by atoms with Gasteiger partial charge in [-0.2, -0.15) is 0 Å². The monoisotopic (exact) mass is 380 g/mol. The highest BCUT2D eigenvalue weighted by molar-refractivity contribution is 6.32. The second-order valence-electron chi connectivity index (χ2n) is 6.90. The van der Waals surface area contributed by atoms with Crippen molar-refractivity contribution >= 4 is 23.2 Å². The van der Waals surface area contributed by atoms with E-state index in [2.05, 4.69) is 5.16 Å². The average Bonchev–Trinajstić information content (AvgIpc) is 3.20. The molecule has 2 aromatic carbocycles. The Morgan fingerprint density at radius 2 is 1.68 bits per heavy atom. The molecule has 2 aliphatic rings. The predicted octanol–water partition coefficient (Wildman–Crippen LogP) is 2.61. The predicted molar refractivity (Wildman–Crippen MR) is 103 cm³/mol. The number of hydrogen-bond acceptors (Lipinski definition) is 6. The van der Waals surface area contributed by atoms with E-state index in [9.17, 15) is 9.59 Å². The van der Waals surface area contributed by atoms with Gasteiger partial charge in [0.15, 0.2) is 0 Å². The van der Waals surface area contributed by atoms with Crippen LogP contribution in [0.15, 0.2) is 41.6 Å². The number of imide groups is 1. The van der Waals surface area contributed by atoms with Gasteiger partial charge in [-0.15, -0.1) is 0 Å². The molecule has 0 N–H and O–H groups in total. The largest absolute Gasteiger partial charge is 0.497 e. The zero-order valence-electron chi connectivity index (χ0n) is 16.1. The van der Waals surface area contributed by atoms with Crippen LogP contribution in [-0.4, -0.2) is 37.8 Å². The number of carbonyl (C=O) groups excluding carboxylic acids is 2. The number of aryl methyl sites for hydroxylation is 2. The molecule has 2 aliphatic heterocycles. The molecule has 0 unspecified atom stereocenters. The quantitative estimate of drug-likeness (QED) is 0.762. The molecule has 0 spiro atoms. The number of hydrogen-bond donors (Lipinski definition) is 0. The van der Waals surface area contributed by atoms with Crippen LogP contribution >= 0.6 is 0 Å². The zero-order valence-corrected chi connectivity index (χ0v) is 16.1. The van der Waals surface area contributed by atoms with E-state index in [1.807, 2.05) is 32.0 Å². The van der Waals surface area contributed by atoms with E-state index < -0.39 is 17.9 Å². The summed E-state index contributed by atoms with van der Waals surface area (Å²) in [5.41, 5.74) is 3.42. The number of nitrogens with zero attached hydrogens (tertiary/aromatic N) is 2. The van der Waals surface area contributed by atoms with E-state index in [0.29, 0.717) is 28.5 Å². The fraction of sp³-hybridized carbons (Fsp3) is 0.286. The topological polar surface area (TPSA) is 77.4 Å². The Bertz CT molecular complexity index is 994. The number of anilines is 1. The second kappa shape index (κ2) is 6.67.